The summed E-state index contributed by atoms with van der Waals surface area (Å²) in [7, 11) is 1.78. The largest absolute Gasteiger partial charge is 0.360 e. The molecule has 0 N–H and O–H groups in total. The fourth-order valence-corrected chi connectivity index (χ4v) is 4.92. The Morgan fingerprint density at radius 3 is 2.85 bits per heavy atom. The maximum absolute atomic E-state index is 13.3. The molecule has 2 bridgehead atoms. The highest BCUT2D eigenvalue weighted by molar-refractivity contribution is 5.93. The first-order chi connectivity index (χ1) is 13.0. The van der Waals surface area contributed by atoms with Crippen LogP contribution in [0.3, 0.4) is 0 Å². The minimum Gasteiger partial charge on any atom is -0.360 e. The van der Waals surface area contributed by atoms with Gasteiger partial charge in [0.1, 0.15) is 5.60 Å². The van der Waals surface area contributed by atoms with Crippen LogP contribution in [0.15, 0.2) is 36.5 Å². The predicted molar refractivity (Wildman–Crippen MR) is 101 cm³/mol. The summed E-state index contributed by atoms with van der Waals surface area (Å²) in [6, 6.07) is 5.87. The Kier molecular flexibility index (Phi) is 4.54. The van der Waals surface area contributed by atoms with Crippen LogP contribution in [0.25, 0.3) is 0 Å². The van der Waals surface area contributed by atoms with Crippen LogP contribution in [-0.2, 0) is 20.9 Å². The van der Waals surface area contributed by atoms with Gasteiger partial charge in [0.05, 0.1) is 36.7 Å². The summed E-state index contributed by atoms with van der Waals surface area (Å²) >= 11 is 0. The monoisotopic (exact) mass is 369 g/mol. The highest BCUT2D eigenvalue weighted by Crippen LogP contribution is 2.52. The zero-order valence-electron chi connectivity index (χ0n) is 16.2. The lowest BCUT2D eigenvalue weighted by Gasteiger charge is -2.29. The molecule has 6 heteroatoms. The van der Waals surface area contributed by atoms with Crippen LogP contribution in [0, 0.1) is 11.8 Å². The molecular formula is C21H27N3O3. The van der Waals surface area contributed by atoms with E-state index in [4.69, 9.17) is 4.74 Å². The van der Waals surface area contributed by atoms with Crippen molar-refractivity contribution in [3.05, 3.63) is 42.2 Å². The van der Waals surface area contributed by atoms with Gasteiger partial charge in [0, 0.05) is 19.3 Å². The molecule has 3 aliphatic rings. The van der Waals surface area contributed by atoms with Crippen molar-refractivity contribution in [2.24, 2.45) is 11.8 Å². The van der Waals surface area contributed by atoms with Crippen molar-refractivity contribution in [2.45, 2.75) is 51.0 Å². The smallest absolute Gasteiger partial charge is 0.230 e. The molecule has 4 heterocycles. The van der Waals surface area contributed by atoms with Crippen molar-refractivity contribution in [3.63, 3.8) is 0 Å². The molecule has 2 fully saturated rings. The van der Waals surface area contributed by atoms with Crippen molar-refractivity contribution in [3.8, 4) is 0 Å². The number of nitrogens with zero attached hydrogens (tertiary/aromatic N) is 3. The SMILES string of the molecule is CCC(CC)N1C[C@]23C=C[C@H](O2)C(C(=O)N(C)Cc2ccccn2)C3C1=O. The maximum Gasteiger partial charge on any atom is 0.230 e. The first kappa shape index (κ1) is 18.2. The Hall–Kier alpha value is -2.21. The molecule has 2 saturated heterocycles. The normalized spacial score (nSPS) is 31.0. The molecule has 144 valence electrons. The Labute approximate surface area is 160 Å². The summed E-state index contributed by atoms with van der Waals surface area (Å²) in [6.07, 6.45) is 7.23. The summed E-state index contributed by atoms with van der Waals surface area (Å²) in [5.41, 5.74) is 0.204. The van der Waals surface area contributed by atoms with E-state index in [0.29, 0.717) is 13.1 Å². The summed E-state index contributed by atoms with van der Waals surface area (Å²) in [5.74, 6) is -0.830. The van der Waals surface area contributed by atoms with Gasteiger partial charge in [0.25, 0.3) is 0 Å². The van der Waals surface area contributed by atoms with E-state index in [1.165, 1.54) is 0 Å². The van der Waals surface area contributed by atoms with E-state index in [-0.39, 0.29) is 24.0 Å². The maximum atomic E-state index is 13.3. The Morgan fingerprint density at radius 2 is 2.19 bits per heavy atom. The second-order valence-electron chi connectivity index (χ2n) is 7.85. The average molecular weight is 369 g/mol. The fraction of sp³-hybridized carbons (Fsp3) is 0.571. The molecule has 3 aliphatic heterocycles. The van der Waals surface area contributed by atoms with E-state index >= 15 is 0 Å². The van der Waals surface area contributed by atoms with E-state index in [2.05, 4.69) is 18.8 Å². The van der Waals surface area contributed by atoms with E-state index < -0.39 is 17.4 Å². The fourth-order valence-electron chi connectivity index (χ4n) is 4.92. The standard InChI is InChI=1S/C21H27N3O3/c1-4-15(5-2)24-13-21-10-9-16(27-21)17(18(21)20(24)26)19(25)23(3)12-14-8-6-7-11-22-14/h6-11,15-18H,4-5,12-13H2,1-3H3/t16-,17?,18?,21-/m0/s1. The van der Waals surface area contributed by atoms with Crippen LogP contribution >= 0.6 is 0 Å². The summed E-state index contributed by atoms with van der Waals surface area (Å²) in [5, 5.41) is 0. The molecule has 4 atom stereocenters. The highest BCUT2D eigenvalue weighted by atomic mass is 16.5. The quantitative estimate of drug-likeness (QED) is 0.720. The third kappa shape index (κ3) is 2.78. The van der Waals surface area contributed by atoms with Crippen molar-refractivity contribution in [1.82, 2.24) is 14.8 Å². The molecule has 1 aromatic rings. The average Bonchev–Trinajstić information content (AvgIpc) is 3.32. The minimum absolute atomic E-state index is 0.0402. The third-order valence-corrected chi connectivity index (χ3v) is 6.30. The molecule has 0 aliphatic carbocycles. The van der Waals surface area contributed by atoms with Gasteiger partial charge in [-0.1, -0.05) is 32.1 Å². The van der Waals surface area contributed by atoms with Gasteiger partial charge in [-0.15, -0.1) is 0 Å². The van der Waals surface area contributed by atoms with Gasteiger partial charge in [-0.25, -0.2) is 0 Å². The van der Waals surface area contributed by atoms with Crippen molar-refractivity contribution >= 4 is 11.8 Å². The molecule has 27 heavy (non-hydrogen) atoms. The number of carbonyl (C=O) groups is 2. The molecule has 1 spiro atoms. The van der Waals surface area contributed by atoms with Crippen LogP contribution < -0.4 is 0 Å². The van der Waals surface area contributed by atoms with Gasteiger partial charge in [-0.3, -0.25) is 14.6 Å². The highest BCUT2D eigenvalue weighted by Gasteiger charge is 2.67. The molecule has 1 aromatic heterocycles. The summed E-state index contributed by atoms with van der Waals surface area (Å²) < 4.78 is 6.22. The Balaban J connectivity index is 1.56. The number of amides is 2. The number of likely N-dealkylation sites (tertiary alicyclic amines) is 1. The Bertz CT molecular complexity index is 761. The lowest BCUT2D eigenvalue weighted by atomic mass is 9.76. The molecule has 4 rings (SSSR count). The number of rotatable bonds is 6. The van der Waals surface area contributed by atoms with E-state index in [1.54, 1.807) is 18.1 Å². The van der Waals surface area contributed by atoms with Gasteiger partial charge in [-0.2, -0.15) is 0 Å². The molecule has 0 radical (unpaired) electrons. The van der Waals surface area contributed by atoms with Crippen LogP contribution in [0.1, 0.15) is 32.4 Å². The lowest BCUT2D eigenvalue weighted by Crippen LogP contribution is -2.45. The number of pyridine rings is 1. The molecule has 2 amide bonds. The van der Waals surface area contributed by atoms with Gasteiger partial charge < -0.3 is 14.5 Å². The molecular weight excluding hydrogens is 342 g/mol. The van der Waals surface area contributed by atoms with Gasteiger partial charge in [-0.05, 0) is 25.0 Å². The number of hydrogen-bond donors (Lipinski definition) is 0. The van der Waals surface area contributed by atoms with Crippen LogP contribution in [0.5, 0.6) is 0 Å². The van der Waals surface area contributed by atoms with Crippen molar-refractivity contribution < 1.29 is 14.3 Å². The van der Waals surface area contributed by atoms with Crippen LogP contribution in [-0.4, -0.2) is 57.9 Å². The second-order valence-corrected chi connectivity index (χ2v) is 7.85. The number of hydrogen-bond acceptors (Lipinski definition) is 4. The van der Waals surface area contributed by atoms with Gasteiger partial charge in [0.2, 0.25) is 11.8 Å². The third-order valence-electron chi connectivity index (χ3n) is 6.30. The minimum atomic E-state index is -0.628. The second kappa shape index (κ2) is 6.75. The van der Waals surface area contributed by atoms with E-state index in [0.717, 1.165) is 18.5 Å². The van der Waals surface area contributed by atoms with Gasteiger partial charge >= 0.3 is 0 Å². The Morgan fingerprint density at radius 1 is 1.41 bits per heavy atom. The molecule has 6 nitrogen and oxygen atoms in total. The van der Waals surface area contributed by atoms with E-state index in [9.17, 15) is 9.59 Å². The first-order valence-electron chi connectivity index (χ1n) is 9.83. The zero-order chi connectivity index (χ0) is 19.2. The number of aromatic nitrogens is 1. The van der Waals surface area contributed by atoms with Crippen molar-refractivity contribution in [1.29, 1.82) is 0 Å². The zero-order valence-corrected chi connectivity index (χ0v) is 16.2. The lowest BCUT2D eigenvalue weighted by molar-refractivity contribution is -0.143. The summed E-state index contributed by atoms with van der Waals surface area (Å²) in [6.45, 7) is 5.19. The number of fused-ring (bicyclic) bond motifs is 1. The predicted octanol–water partition coefficient (Wildman–Crippen LogP) is 2.01. The first-order valence-corrected chi connectivity index (χ1v) is 9.83. The number of carbonyl (C=O) groups excluding carboxylic acids is 2. The number of ether oxygens (including phenoxy) is 1. The summed E-state index contributed by atoms with van der Waals surface area (Å²) in [4.78, 5) is 34.4. The van der Waals surface area contributed by atoms with Crippen LogP contribution in [0.2, 0.25) is 0 Å². The van der Waals surface area contributed by atoms with Crippen LogP contribution in [0.4, 0.5) is 0 Å². The molecule has 0 saturated carbocycles. The van der Waals surface area contributed by atoms with Crippen molar-refractivity contribution in [2.75, 3.05) is 13.6 Å². The topological polar surface area (TPSA) is 62.7 Å². The molecule has 0 aromatic carbocycles. The van der Waals surface area contributed by atoms with Gasteiger partial charge in [0.15, 0.2) is 0 Å². The molecule has 2 unspecified atom stereocenters. The van der Waals surface area contributed by atoms with E-state index in [1.807, 2.05) is 35.3 Å².